The minimum atomic E-state index is -0.481. The molecular formula is C52H30N4. The molecule has 0 saturated heterocycles. The second-order valence-electron chi connectivity index (χ2n) is 15.1. The minimum Gasteiger partial charge on any atom is -0.278 e. The van der Waals surface area contributed by atoms with Crippen LogP contribution in [0.2, 0.25) is 0 Å². The van der Waals surface area contributed by atoms with E-state index in [1.807, 2.05) is 0 Å². The number of rotatable bonds is 3. The van der Waals surface area contributed by atoms with Crippen LogP contribution >= 0.6 is 0 Å². The first-order valence-corrected chi connectivity index (χ1v) is 19.2. The molecule has 9 aromatic carbocycles. The van der Waals surface area contributed by atoms with E-state index in [4.69, 9.17) is 15.0 Å². The lowest BCUT2D eigenvalue weighted by Gasteiger charge is -2.37. The summed E-state index contributed by atoms with van der Waals surface area (Å²) in [5.41, 5.74) is 11.4. The molecule has 1 spiro atoms. The van der Waals surface area contributed by atoms with Crippen LogP contribution in [0.1, 0.15) is 22.3 Å². The summed E-state index contributed by atoms with van der Waals surface area (Å²) in [6.07, 6.45) is 0. The molecule has 2 aliphatic rings. The molecule has 13 rings (SSSR count). The fourth-order valence-corrected chi connectivity index (χ4v) is 10.1. The normalized spacial score (nSPS) is 13.5. The van der Waals surface area contributed by atoms with Gasteiger partial charge in [-0.15, -0.1) is 0 Å². The summed E-state index contributed by atoms with van der Waals surface area (Å²) >= 11 is 0. The van der Waals surface area contributed by atoms with Crippen LogP contribution in [0.5, 0.6) is 0 Å². The number of fused-ring (bicyclic) bond motifs is 9. The molecule has 2 heterocycles. The Morgan fingerprint density at radius 3 is 1.46 bits per heavy atom. The number of hydrogen-bond acceptors (Lipinski definition) is 3. The molecule has 0 radical (unpaired) electrons. The van der Waals surface area contributed by atoms with Gasteiger partial charge in [0.25, 0.3) is 0 Å². The number of hydrogen-bond donors (Lipinski definition) is 0. The zero-order valence-electron chi connectivity index (χ0n) is 30.1. The maximum Gasteiger partial charge on any atom is 0.238 e. The predicted molar refractivity (Wildman–Crippen MR) is 228 cm³/mol. The standard InChI is InChI=1S/C52H30N4/c1-3-13-34-29-36(25-23-31(34)11-1)49-53-50(37-26-24-32-12-2-4-14-35(32)30-37)55-51(54-49)56-44-22-10-21-43-47(44)48-45(56)28-27-33-15-9-20-42(46(33)48)52(43)40-18-7-5-16-38(40)39-17-6-8-19-41(39)52/h1-30H. The molecule has 0 atom stereocenters. The van der Waals surface area contributed by atoms with E-state index < -0.39 is 5.41 Å². The van der Waals surface area contributed by atoms with Crippen molar-refractivity contribution in [2.24, 2.45) is 0 Å². The molecule has 0 saturated carbocycles. The van der Waals surface area contributed by atoms with E-state index in [-0.39, 0.29) is 0 Å². The minimum absolute atomic E-state index is 0.481. The highest BCUT2D eigenvalue weighted by Gasteiger charge is 2.50. The second kappa shape index (κ2) is 10.8. The highest BCUT2D eigenvalue weighted by Crippen LogP contribution is 2.62. The van der Waals surface area contributed by atoms with Crippen LogP contribution in [0.4, 0.5) is 0 Å². The first-order chi connectivity index (χ1) is 27.8. The van der Waals surface area contributed by atoms with Gasteiger partial charge in [-0.25, -0.2) is 4.98 Å². The van der Waals surface area contributed by atoms with E-state index in [0.717, 1.165) is 32.9 Å². The molecule has 0 aliphatic heterocycles. The lowest BCUT2D eigenvalue weighted by Crippen LogP contribution is -2.30. The van der Waals surface area contributed by atoms with Crippen LogP contribution in [0.25, 0.3) is 94.0 Å². The van der Waals surface area contributed by atoms with Crippen molar-refractivity contribution in [3.05, 3.63) is 204 Å². The Morgan fingerprint density at radius 1 is 0.339 bits per heavy atom. The summed E-state index contributed by atoms with van der Waals surface area (Å²) in [5, 5.41) is 9.67. The molecule has 4 heteroatoms. The molecule has 0 N–H and O–H groups in total. The van der Waals surface area contributed by atoms with E-state index in [1.54, 1.807) is 0 Å². The zero-order valence-corrected chi connectivity index (χ0v) is 30.1. The van der Waals surface area contributed by atoms with Crippen molar-refractivity contribution < 1.29 is 0 Å². The summed E-state index contributed by atoms with van der Waals surface area (Å²) in [6, 6.07) is 66.0. The summed E-state index contributed by atoms with van der Waals surface area (Å²) in [7, 11) is 0. The third-order valence-corrected chi connectivity index (χ3v) is 12.4. The molecule has 0 bridgehead atoms. The van der Waals surface area contributed by atoms with Gasteiger partial charge in [-0.2, -0.15) is 9.97 Å². The average molecular weight is 711 g/mol. The second-order valence-corrected chi connectivity index (χ2v) is 15.1. The van der Waals surface area contributed by atoms with Crippen molar-refractivity contribution >= 4 is 54.1 Å². The van der Waals surface area contributed by atoms with Crippen LogP contribution in [-0.4, -0.2) is 19.5 Å². The van der Waals surface area contributed by atoms with Crippen molar-refractivity contribution in [2.75, 3.05) is 0 Å². The number of nitrogens with zero attached hydrogens (tertiary/aromatic N) is 4. The molecule has 2 aliphatic carbocycles. The Bertz CT molecular complexity index is 3360. The molecule has 0 unspecified atom stereocenters. The van der Waals surface area contributed by atoms with Crippen molar-refractivity contribution in [1.82, 2.24) is 19.5 Å². The van der Waals surface area contributed by atoms with Gasteiger partial charge < -0.3 is 0 Å². The molecule has 2 aromatic heterocycles. The molecule has 56 heavy (non-hydrogen) atoms. The monoisotopic (exact) mass is 710 g/mol. The Kier molecular flexibility index (Phi) is 5.80. The van der Waals surface area contributed by atoms with Gasteiger partial charge in [-0.3, -0.25) is 4.57 Å². The van der Waals surface area contributed by atoms with Crippen molar-refractivity contribution in [3.8, 4) is 39.9 Å². The quantitative estimate of drug-likeness (QED) is 0.183. The van der Waals surface area contributed by atoms with Crippen LogP contribution in [0, 0.1) is 0 Å². The fourth-order valence-electron chi connectivity index (χ4n) is 10.1. The van der Waals surface area contributed by atoms with Gasteiger partial charge >= 0.3 is 0 Å². The van der Waals surface area contributed by atoms with E-state index in [0.29, 0.717) is 17.6 Å². The molecule has 4 nitrogen and oxygen atoms in total. The topological polar surface area (TPSA) is 43.6 Å². The Morgan fingerprint density at radius 2 is 0.821 bits per heavy atom. The Hall–Kier alpha value is -7.43. The summed E-state index contributed by atoms with van der Waals surface area (Å²) in [6.45, 7) is 0. The lowest BCUT2D eigenvalue weighted by molar-refractivity contribution is 0.783. The molecule has 0 amide bonds. The largest absolute Gasteiger partial charge is 0.278 e. The predicted octanol–water partition coefficient (Wildman–Crippen LogP) is 12.4. The molecule has 258 valence electrons. The van der Waals surface area contributed by atoms with Crippen LogP contribution < -0.4 is 0 Å². The first-order valence-electron chi connectivity index (χ1n) is 19.2. The molecule has 11 aromatic rings. The number of aromatic nitrogens is 4. The third-order valence-electron chi connectivity index (χ3n) is 12.4. The smallest absolute Gasteiger partial charge is 0.238 e. The van der Waals surface area contributed by atoms with E-state index in [1.165, 1.54) is 65.7 Å². The van der Waals surface area contributed by atoms with Crippen molar-refractivity contribution in [2.45, 2.75) is 5.41 Å². The zero-order chi connectivity index (χ0) is 36.5. The summed E-state index contributed by atoms with van der Waals surface area (Å²) < 4.78 is 2.28. The first kappa shape index (κ1) is 30.0. The van der Waals surface area contributed by atoms with Gasteiger partial charge in [0, 0.05) is 21.9 Å². The van der Waals surface area contributed by atoms with E-state index >= 15 is 0 Å². The van der Waals surface area contributed by atoms with Crippen LogP contribution in [0.3, 0.4) is 0 Å². The lowest BCUT2D eigenvalue weighted by atomic mass is 9.63. The Balaban J connectivity index is 1.15. The van der Waals surface area contributed by atoms with Crippen LogP contribution in [0.15, 0.2) is 182 Å². The third kappa shape index (κ3) is 3.80. The van der Waals surface area contributed by atoms with Gasteiger partial charge in [0.2, 0.25) is 5.95 Å². The van der Waals surface area contributed by atoms with Crippen molar-refractivity contribution in [3.63, 3.8) is 0 Å². The van der Waals surface area contributed by atoms with Gasteiger partial charge in [0.15, 0.2) is 11.6 Å². The highest BCUT2D eigenvalue weighted by atomic mass is 15.2. The van der Waals surface area contributed by atoms with Gasteiger partial charge in [-0.1, -0.05) is 158 Å². The number of benzene rings is 9. The maximum absolute atomic E-state index is 5.37. The van der Waals surface area contributed by atoms with Gasteiger partial charge in [-0.05, 0) is 90.0 Å². The van der Waals surface area contributed by atoms with E-state index in [9.17, 15) is 0 Å². The maximum atomic E-state index is 5.37. The van der Waals surface area contributed by atoms with E-state index in [2.05, 4.69) is 187 Å². The van der Waals surface area contributed by atoms with Crippen molar-refractivity contribution in [1.29, 1.82) is 0 Å². The Labute approximate surface area is 322 Å². The van der Waals surface area contributed by atoms with Gasteiger partial charge in [0.1, 0.15) is 0 Å². The SMILES string of the molecule is c1ccc2c(c1)-c1ccccc1C21c2cccc3ccc4c(c23)c2c1cccc2n4-c1nc(-c2ccc3ccccc3c2)nc(-c2ccc3ccccc3c2)n1. The molecular weight excluding hydrogens is 681 g/mol. The molecule has 0 fully saturated rings. The average Bonchev–Trinajstić information content (AvgIpc) is 3.76. The fraction of sp³-hybridized carbons (Fsp3) is 0.0192. The highest BCUT2D eigenvalue weighted by molar-refractivity contribution is 6.26. The summed E-state index contributed by atoms with van der Waals surface area (Å²) in [4.78, 5) is 15.9. The summed E-state index contributed by atoms with van der Waals surface area (Å²) in [5.74, 6) is 1.88. The van der Waals surface area contributed by atoms with Crippen LogP contribution in [-0.2, 0) is 5.41 Å². The van der Waals surface area contributed by atoms with Gasteiger partial charge in [0.05, 0.1) is 16.4 Å².